The van der Waals surface area contributed by atoms with Crippen molar-refractivity contribution in [2.45, 2.75) is 24.4 Å². The van der Waals surface area contributed by atoms with Gasteiger partial charge in [-0.15, -0.1) is 0 Å². The SMILES string of the molecule is CC(NCc1cccc(S(=O)(=O)N(C)C)c1)c1cccc(-n2ccnc2)c1. The fourth-order valence-corrected chi connectivity index (χ4v) is 3.75. The third-order valence-corrected chi connectivity index (χ3v) is 6.27. The van der Waals surface area contributed by atoms with E-state index in [9.17, 15) is 8.42 Å². The Kier molecular flexibility index (Phi) is 5.74. The molecule has 2 aromatic carbocycles. The van der Waals surface area contributed by atoms with Crippen LogP contribution in [0.3, 0.4) is 0 Å². The van der Waals surface area contributed by atoms with Crippen LogP contribution in [0.4, 0.5) is 0 Å². The Morgan fingerprint density at radius 1 is 1.15 bits per heavy atom. The Morgan fingerprint density at radius 3 is 2.63 bits per heavy atom. The van der Waals surface area contributed by atoms with Gasteiger partial charge in [0, 0.05) is 44.8 Å². The van der Waals surface area contributed by atoms with Gasteiger partial charge in [0.25, 0.3) is 0 Å². The number of aromatic nitrogens is 2. The van der Waals surface area contributed by atoms with Crippen molar-refractivity contribution in [2.24, 2.45) is 0 Å². The molecule has 1 unspecified atom stereocenters. The molecule has 0 saturated heterocycles. The first-order chi connectivity index (χ1) is 12.9. The van der Waals surface area contributed by atoms with Gasteiger partial charge in [0.15, 0.2) is 0 Å². The minimum absolute atomic E-state index is 0.114. The van der Waals surface area contributed by atoms with E-state index >= 15 is 0 Å². The molecule has 27 heavy (non-hydrogen) atoms. The van der Waals surface area contributed by atoms with Crippen LogP contribution in [0.1, 0.15) is 24.1 Å². The Bertz CT molecular complexity index is 998. The molecule has 1 atom stereocenters. The third-order valence-electron chi connectivity index (χ3n) is 4.46. The van der Waals surface area contributed by atoms with E-state index in [-0.39, 0.29) is 6.04 Å². The highest BCUT2D eigenvalue weighted by atomic mass is 32.2. The molecule has 0 saturated carbocycles. The largest absolute Gasteiger partial charge is 0.306 e. The number of nitrogens with zero attached hydrogens (tertiary/aromatic N) is 3. The number of hydrogen-bond donors (Lipinski definition) is 1. The van der Waals surface area contributed by atoms with Crippen molar-refractivity contribution in [3.8, 4) is 5.69 Å². The van der Waals surface area contributed by atoms with Crippen LogP contribution in [0.2, 0.25) is 0 Å². The molecule has 7 heteroatoms. The van der Waals surface area contributed by atoms with Crippen LogP contribution in [-0.4, -0.2) is 36.4 Å². The number of imidazole rings is 1. The highest BCUT2D eigenvalue weighted by Crippen LogP contribution is 2.19. The molecule has 0 aliphatic heterocycles. The lowest BCUT2D eigenvalue weighted by molar-refractivity contribution is 0.520. The van der Waals surface area contributed by atoms with Crippen LogP contribution in [0.5, 0.6) is 0 Å². The van der Waals surface area contributed by atoms with Crippen molar-refractivity contribution >= 4 is 10.0 Å². The maximum absolute atomic E-state index is 12.3. The summed E-state index contributed by atoms with van der Waals surface area (Å²) < 4.78 is 27.8. The molecule has 0 radical (unpaired) electrons. The summed E-state index contributed by atoms with van der Waals surface area (Å²) in [6.07, 6.45) is 5.44. The normalized spacial score (nSPS) is 13.0. The van der Waals surface area contributed by atoms with E-state index in [0.29, 0.717) is 11.4 Å². The molecule has 0 spiro atoms. The van der Waals surface area contributed by atoms with Crippen LogP contribution < -0.4 is 5.32 Å². The van der Waals surface area contributed by atoms with Gasteiger partial charge in [-0.1, -0.05) is 24.3 Å². The zero-order chi connectivity index (χ0) is 19.4. The molecule has 0 fully saturated rings. The standard InChI is InChI=1S/C20H24N4O2S/c1-16(18-7-5-8-19(13-18)24-11-10-21-15-24)22-14-17-6-4-9-20(12-17)27(25,26)23(2)3/h4-13,15-16,22H,14H2,1-3H3. The van der Waals surface area contributed by atoms with Crippen molar-refractivity contribution in [3.05, 3.63) is 78.4 Å². The van der Waals surface area contributed by atoms with Crippen LogP contribution in [0.15, 0.2) is 72.1 Å². The summed E-state index contributed by atoms with van der Waals surface area (Å²) in [4.78, 5) is 4.39. The number of nitrogens with one attached hydrogen (secondary N) is 1. The number of sulfonamides is 1. The summed E-state index contributed by atoms with van der Waals surface area (Å²) >= 11 is 0. The number of benzene rings is 2. The lowest BCUT2D eigenvalue weighted by Crippen LogP contribution is -2.23. The average Bonchev–Trinajstić information content (AvgIpc) is 3.21. The third kappa shape index (κ3) is 4.44. The van der Waals surface area contributed by atoms with Gasteiger partial charge in [-0.3, -0.25) is 0 Å². The van der Waals surface area contributed by atoms with E-state index in [2.05, 4.69) is 29.4 Å². The van der Waals surface area contributed by atoms with Crippen molar-refractivity contribution in [2.75, 3.05) is 14.1 Å². The Labute approximate surface area is 160 Å². The van der Waals surface area contributed by atoms with Gasteiger partial charge in [0.1, 0.15) is 0 Å². The van der Waals surface area contributed by atoms with E-state index in [1.807, 2.05) is 29.0 Å². The predicted octanol–water partition coefficient (Wildman–Crippen LogP) is 2.97. The molecule has 3 aromatic rings. The van der Waals surface area contributed by atoms with Gasteiger partial charge in [-0.25, -0.2) is 17.7 Å². The van der Waals surface area contributed by atoms with Crippen LogP contribution in [0.25, 0.3) is 5.69 Å². The summed E-state index contributed by atoms with van der Waals surface area (Å²) in [5.74, 6) is 0. The van der Waals surface area contributed by atoms with Gasteiger partial charge >= 0.3 is 0 Å². The van der Waals surface area contributed by atoms with E-state index < -0.39 is 10.0 Å². The number of rotatable bonds is 7. The summed E-state index contributed by atoms with van der Waals surface area (Å²) in [5, 5.41) is 3.46. The molecule has 0 bridgehead atoms. The van der Waals surface area contributed by atoms with E-state index in [1.54, 1.807) is 30.7 Å². The second-order valence-corrected chi connectivity index (χ2v) is 8.75. The highest BCUT2D eigenvalue weighted by Gasteiger charge is 2.17. The molecule has 0 amide bonds. The van der Waals surface area contributed by atoms with Gasteiger partial charge in [-0.05, 0) is 42.3 Å². The zero-order valence-corrected chi connectivity index (χ0v) is 16.5. The fourth-order valence-electron chi connectivity index (χ4n) is 2.78. The summed E-state index contributed by atoms with van der Waals surface area (Å²) in [6, 6.07) is 15.4. The first kappa shape index (κ1) is 19.3. The lowest BCUT2D eigenvalue weighted by Gasteiger charge is -2.17. The van der Waals surface area contributed by atoms with Crippen LogP contribution in [-0.2, 0) is 16.6 Å². The molecular formula is C20H24N4O2S. The smallest absolute Gasteiger partial charge is 0.242 e. The molecule has 0 aliphatic rings. The summed E-state index contributed by atoms with van der Waals surface area (Å²) in [7, 11) is -0.349. The first-order valence-corrected chi connectivity index (χ1v) is 10.1. The predicted molar refractivity (Wildman–Crippen MR) is 106 cm³/mol. The molecule has 1 aromatic heterocycles. The highest BCUT2D eigenvalue weighted by molar-refractivity contribution is 7.89. The minimum atomic E-state index is -3.42. The molecule has 6 nitrogen and oxygen atoms in total. The number of hydrogen-bond acceptors (Lipinski definition) is 4. The van der Waals surface area contributed by atoms with E-state index in [0.717, 1.165) is 16.8 Å². The van der Waals surface area contributed by atoms with E-state index in [4.69, 9.17) is 0 Å². The maximum atomic E-state index is 12.3. The van der Waals surface area contributed by atoms with Crippen molar-refractivity contribution < 1.29 is 8.42 Å². The zero-order valence-electron chi connectivity index (χ0n) is 15.7. The molecule has 3 rings (SSSR count). The average molecular weight is 385 g/mol. The maximum Gasteiger partial charge on any atom is 0.242 e. The molecule has 1 N–H and O–H groups in total. The monoisotopic (exact) mass is 384 g/mol. The van der Waals surface area contributed by atoms with Crippen molar-refractivity contribution in [1.82, 2.24) is 19.2 Å². The van der Waals surface area contributed by atoms with Gasteiger partial charge in [0.05, 0.1) is 11.2 Å². The summed E-state index contributed by atoms with van der Waals surface area (Å²) in [5.41, 5.74) is 3.13. The van der Waals surface area contributed by atoms with E-state index in [1.165, 1.54) is 18.4 Å². The second kappa shape index (κ2) is 8.04. The van der Waals surface area contributed by atoms with Gasteiger partial charge in [0.2, 0.25) is 10.0 Å². The van der Waals surface area contributed by atoms with Crippen molar-refractivity contribution in [1.29, 1.82) is 0 Å². The lowest BCUT2D eigenvalue weighted by atomic mass is 10.1. The molecule has 1 heterocycles. The topological polar surface area (TPSA) is 67.2 Å². The quantitative estimate of drug-likeness (QED) is 0.680. The van der Waals surface area contributed by atoms with Gasteiger partial charge < -0.3 is 9.88 Å². The Balaban J connectivity index is 1.71. The minimum Gasteiger partial charge on any atom is -0.306 e. The molecule has 0 aliphatic carbocycles. The summed E-state index contributed by atoms with van der Waals surface area (Å²) in [6.45, 7) is 2.67. The van der Waals surface area contributed by atoms with Gasteiger partial charge in [-0.2, -0.15) is 0 Å². The Hall–Kier alpha value is -2.48. The second-order valence-electron chi connectivity index (χ2n) is 6.60. The van der Waals surface area contributed by atoms with Crippen molar-refractivity contribution in [3.63, 3.8) is 0 Å². The van der Waals surface area contributed by atoms with Crippen LogP contribution >= 0.6 is 0 Å². The first-order valence-electron chi connectivity index (χ1n) is 8.71. The fraction of sp³-hybridized carbons (Fsp3) is 0.250. The van der Waals surface area contributed by atoms with Crippen LogP contribution in [0, 0.1) is 0 Å². The Morgan fingerprint density at radius 2 is 1.93 bits per heavy atom. The molecular weight excluding hydrogens is 360 g/mol. The molecule has 142 valence electrons.